The quantitative estimate of drug-likeness (QED) is 0.531. The van der Waals surface area contributed by atoms with Crippen molar-refractivity contribution in [2.24, 2.45) is 0 Å². The Morgan fingerprint density at radius 2 is 1.74 bits per heavy atom. The molecule has 34 heavy (non-hydrogen) atoms. The van der Waals surface area contributed by atoms with E-state index in [1.807, 2.05) is 11.0 Å². The van der Waals surface area contributed by atoms with Gasteiger partial charge in [-0.25, -0.2) is 4.98 Å². The number of hydrogen-bond donors (Lipinski definition) is 1. The van der Waals surface area contributed by atoms with Crippen molar-refractivity contribution in [1.82, 2.24) is 15.3 Å². The van der Waals surface area contributed by atoms with Gasteiger partial charge in [0, 0.05) is 25.8 Å². The monoisotopic (exact) mass is 472 g/mol. The number of carbonyl (C=O) groups is 1. The maximum atomic E-state index is 12.9. The molecule has 0 bridgehead atoms. The second-order valence-electron chi connectivity index (χ2n) is 7.71. The molecule has 1 N–H and O–H groups in total. The van der Waals surface area contributed by atoms with Gasteiger partial charge in [-0.1, -0.05) is 24.3 Å². The molecule has 1 aliphatic rings. The van der Waals surface area contributed by atoms with E-state index in [1.54, 1.807) is 18.2 Å². The molecule has 0 saturated carbocycles. The Hall–Kier alpha value is -3.82. The lowest BCUT2D eigenvalue weighted by Crippen LogP contribution is -2.28. The molecule has 3 aromatic rings. The van der Waals surface area contributed by atoms with E-state index in [9.17, 15) is 18.0 Å². The van der Waals surface area contributed by atoms with Gasteiger partial charge >= 0.3 is 12.2 Å². The number of ether oxygens (including phenoxy) is 2. The summed E-state index contributed by atoms with van der Waals surface area (Å²) in [5.74, 6) is 0.983. The highest BCUT2D eigenvalue weighted by Gasteiger charge is 2.30. The summed E-state index contributed by atoms with van der Waals surface area (Å²) in [5, 5.41) is 2.74. The van der Waals surface area contributed by atoms with E-state index in [1.165, 1.54) is 25.4 Å². The number of carbonyl (C=O) groups excluding carboxylic acids is 1. The standard InChI is InChI=1S/C24H23F3N4O3/c1-33-19-6-2-3-7-20(19)34-23-29-15-18(21(30-23)31-12-4-5-13-31)22(32)28-14-16-8-10-17(11-9-16)24(25,26)27/h2-3,6-11,15H,4-5,12-14H2,1H3,(H,28,32). The summed E-state index contributed by atoms with van der Waals surface area (Å²) in [6.45, 7) is 1.55. The summed E-state index contributed by atoms with van der Waals surface area (Å²) in [6.07, 6.45) is -1.07. The van der Waals surface area contributed by atoms with Crippen molar-refractivity contribution in [3.63, 3.8) is 0 Å². The van der Waals surface area contributed by atoms with Crippen LogP contribution in [0.15, 0.2) is 54.7 Å². The predicted octanol–water partition coefficient (Wildman–Crippen LogP) is 4.83. The Bertz CT molecular complexity index is 1150. The van der Waals surface area contributed by atoms with Gasteiger partial charge in [-0.2, -0.15) is 18.2 Å². The van der Waals surface area contributed by atoms with E-state index in [0.29, 0.717) is 22.9 Å². The molecule has 4 rings (SSSR count). The molecule has 1 fully saturated rings. The van der Waals surface area contributed by atoms with Crippen LogP contribution in [0.1, 0.15) is 34.3 Å². The molecule has 0 aliphatic carbocycles. The van der Waals surface area contributed by atoms with Crippen LogP contribution in [0.4, 0.5) is 19.0 Å². The molecule has 7 nitrogen and oxygen atoms in total. The van der Waals surface area contributed by atoms with Crippen molar-refractivity contribution < 1.29 is 27.4 Å². The van der Waals surface area contributed by atoms with E-state index in [0.717, 1.165) is 38.1 Å². The van der Waals surface area contributed by atoms with Gasteiger partial charge in [-0.15, -0.1) is 0 Å². The SMILES string of the molecule is COc1ccccc1Oc1ncc(C(=O)NCc2ccc(C(F)(F)F)cc2)c(N2CCCC2)n1. The molecule has 0 radical (unpaired) electrons. The molecule has 1 amide bonds. The van der Waals surface area contributed by atoms with Crippen molar-refractivity contribution in [1.29, 1.82) is 0 Å². The predicted molar refractivity (Wildman–Crippen MR) is 119 cm³/mol. The van der Waals surface area contributed by atoms with Crippen LogP contribution in [-0.2, 0) is 12.7 Å². The third-order valence-corrected chi connectivity index (χ3v) is 5.40. The third kappa shape index (κ3) is 5.38. The highest BCUT2D eigenvalue weighted by molar-refractivity contribution is 5.98. The minimum atomic E-state index is -4.41. The number of para-hydroxylation sites is 2. The van der Waals surface area contributed by atoms with Crippen LogP contribution in [0, 0.1) is 0 Å². The molecule has 2 aromatic carbocycles. The lowest BCUT2D eigenvalue weighted by molar-refractivity contribution is -0.137. The third-order valence-electron chi connectivity index (χ3n) is 5.40. The summed E-state index contributed by atoms with van der Waals surface area (Å²) in [6, 6.07) is 11.8. The highest BCUT2D eigenvalue weighted by Crippen LogP contribution is 2.32. The second kappa shape index (κ2) is 9.98. The van der Waals surface area contributed by atoms with Crippen molar-refractivity contribution in [2.75, 3.05) is 25.1 Å². The number of rotatable bonds is 7. The molecule has 10 heteroatoms. The number of benzene rings is 2. The number of anilines is 1. The molecular formula is C24H23F3N4O3. The molecule has 0 atom stereocenters. The zero-order valence-electron chi connectivity index (χ0n) is 18.4. The molecule has 0 spiro atoms. The van der Waals surface area contributed by atoms with Gasteiger partial charge < -0.3 is 19.7 Å². The Labute approximate surface area is 194 Å². The topological polar surface area (TPSA) is 76.6 Å². The minimum Gasteiger partial charge on any atom is -0.493 e. The average Bonchev–Trinajstić information content (AvgIpc) is 3.37. The zero-order chi connectivity index (χ0) is 24.1. The van der Waals surface area contributed by atoms with Crippen LogP contribution in [0.5, 0.6) is 17.5 Å². The van der Waals surface area contributed by atoms with Gasteiger partial charge in [0.15, 0.2) is 11.5 Å². The van der Waals surface area contributed by atoms with Gasteiger partial charge in [-0.05, 0) is 42.7 Å². The van der Waals surface area contributed by atoms with E-state index in [4.69, 9.17) is 9.47 Å². The molecule has 178 valence electrons. The van der Waals surface area contributed by atoms with E-state index in [2.05, 4.69) is 15.3 Å². The Kier molecular flexibility index (Phi) is 6.85. The van der Waals surface area contributed by atoms with Gasteiger partial charge in [-0.3, -0.25) is 4.79 Å². The van der Waals surface area contributed by atoms with E-state index < -0.39 is 17.6 Å². The average molecular weight is 472 g/mol. The molecule has 1 aromatic heterocycles. The Morgan fingerprint density at radius 1 is 1.06 bits per heavy atom. The maximum Gasteiger partial charge on any atom is 0.416 e. The number of hydrogen-bond acceptors (Lipinski definition) is 6. The number of aromatic nitrogens is 2. The minimum absolute atomic E-state index is 0.0654. The smallest absolute Gasteiger partial charge is 0.416 e. The van der Waals surface area contributed by atoms with Crippen LogP contribution in [0.3, 0.4) is 0 Å². The number of nitrogens with one attached hydrogen (secondary N) is 1. The van der Waals surface area contributed by atoms with Crippen molar-refractivity contribution in [3.8, 4) is 17.5 Å². The van der Waals surface area contributed by atoms with Crippen LogP contribution >= 0.6 is 0 Å². The van der Waals surface area contributed by atoms with Crippen molar-refractivity contribution in [3.05, 3.63) is 71.4 Å². The Balaban J connectivity index is 1.52. The normalized spacial score (nSPS) is 13.6. The largest absolute Gasteiger partial charge is 0.493 e. The fraction of sp³-hybridized carbons (Fsp3) is 0.292. The van der Waals surface area contributed by atoms with E-state index in [-0.39, 0.29) is 18.1 Å². The van der Waals surface area contributed by atoms with Crippen LogP contribution in [0.2, 0.25) is 0 Å². The molecular weight excluding hydrogens is 449 g/mol. The van der Waals surface area contributed by atoms with Gasteiger partial charge in [0.1, 0.15) is 11.4 Å². The first-order chi connectivity index (χ1) is 16.3. The van der Waals surface area contributed by atoms with Gasteiger partial charge in [0.05, 0.1) is 12.7 Å². The van der Waals surface area contributed by atoms with Crippen molar-refractivity contribution >= 4 is 11.7 Å². The number of methoxy groups -OCH3 is 1. The molecule has 0 unspecified atom stereocenters. The summed E-state index contributed by atoms with van der Waals surface area (Å²) < 4.78 is 49.4. The zero-order valence-corrected chi connectivity index (χ0v) is 18.4. The van der Waals surface area contributed by atoms with Crippen molar-refractivity contribution in [2.45, 2.75) is 25.6 Å². The Morgan fingerprint density at radius 3 is 2.38 bits per heavy atom. The first-order valence-electron chi connectivity index (χ1n) is 10.7. The second-order valence-corrected chi connectivity index (χ2v) is 7.71. The van der Waals surface area contributed by atoms with Crippen LogP contribution in [-0.4, -0.2) is 36.1 Å². The maximum absolute atomic E-state index is 12.9. The molecule has 1 aliphatic heterocycles. The van der Waals surface area contributed by atoms with Gasteiger partial charge in [0.2, 0.25) is 0 Å². The number of amides is 1. The lowest BCUT2D eigenvalue weighted by Gasteiger charge is -2.20. The highest BCUT2D eigenvalue weighted by atomic mass is 19.4. The lowest BCUT2D eigenvalue weighted by atomic mass is 10.1. The number of alkyl halides is 3. The summed E-state index contributed by atoms with van der Waals surface area (Å²) in [7, 11) is 1.53. The number of halogens is 3. The molecule has 1 saturated heterocycles. The summed E-state index contributed by atoms with van der Waals surface area (Å²) >= 11 is 0. The molecule has 2 heterocycles. The number of nitrogens with zero attached hydrogens (tertiary/aromatic N) is 3. The fourth-order valence-electron chi connectivity index (χ4n) is 3.63. The summed E-state index contributed by atoms with van der Waals surface area (Å²) in [5.41, 5.74) is 0.0697. The van der Waals surface area contributed by atoms with Crippen LogP contribution in [0.25, 0.3) is 0 Å². The first-order valence-corrected chi connectivity index (χ1v) is 10.7. The summed E-state index contributed by atoms with van der Waals surface area (Å²) in [4.78, 5) is 23.6. The first kappa shape index (κ1) is 23.3. The van der Waals surface area contributed by atoms with E-state index >= 15 is 0 Å². The van der Waals surface area contributed by atoms with Gasteiger partial charge in [0.25, 0.3) is 5.91 Å². The fourth-order valence-corrected chi connectivity index (χ4v) is 3.63. The van der Waals surface area contributed by atoms with Crippen LogP contribution < -0.4 is 19.7 Å².